The summed E-state index contributed by atoms with van der Waals surface area (Å²) >= 11 is 0.917. The predicted molar refractivity (Wildman–Crippen MR) is 119 cm³/mol. The van der Waals surface area contributed by atoms with Crippen molar-refractivity contribution in [2.45, 2.75) is 19.9 Å². The normalized spacial score (nSPS) is 17.5. The van der Waals surface area contributed by atoms with Gasteiger partial charge in [-0.3, -0.25) is 14.5 Å². The van der Waals surface area contributed by atoms with E-state index >= 15 is 0 Å². The predicted octanol–water partition coefficient (Wildman–Crippen LogP) is 3.77. The van der Waals surface area contributed by atoms with E-state index in [2.05, 4.69) is 4.98 Å². The van der Waals surface area contributed by atoms with Crippen molar-refractivity contribution in [2.24, 2.45) is 0 Å². The summed E-state index contributed by atoms with van der Waals surface area (Å²) < 4.78 is 15.7. The summed E-state index contributed by atoms with van der Waals surface area (Å²) in [6.07, 6.45) is 0. The van der Waals surface area contributed by atoms with E-state index in [4.69, 9.17) is 13.9 Å². The zero-order chi connectivity index (χ0) is 23.9. The first-order valence-corrected chi connectivity index (χ1v) is 10.7. The van der Waals surface area contributed by atoms with Crippen LogP contribution < -0.4 is 9.64 Å². The number of amides is 1. The quantitative estimate of drug-likeness (QED) is 0.260. The number of thiazole rings is 1. The molecule has 3 aromatic rings. The number of anilines is 1. The van der Waals surface area contributed by atoms with Crippen molar-refractivity contribution in [1.29, 1.82) is 0 Å². The number of hydrogen-bond acceptors (Lipinski definition) is 9. The molecule has 0 bridgehead atoms. The highest BCUT2D eigenvalue weighted by Crippen LogP contribution is 2.44. The van der Waals surface area contributed by atoms with Gasteiger partial charge in [-0.05, 0) is 38.1 Å². The lowest BCUT2D eigenvalue weighted by atomic mass is 9.99. The van der Waals surface area contributed by atoms with Crippen LogP contribution in [0, 0.1) is 13.8 Å². The molecule has 0 aliphatic carbocycles. The van der Waals surface area contributed by atoms with Gasteiger partial charge in [-0.15, -0.1) is 0 Å². The van der Waals surface area contributed by atoms with E-state index in [1.54, 1.807) is 50.2 Å². The zero-order valence-electron chi connectivity index (χ0n) is 18.2. The molecule has 4 rings (SSSR count). The second kappa shape index (κ2) is 8.55. The van der Waals surface area contributed by atoms with E-state index in [9.17, 15) is 19.5 Å². The van der Waals surface area contributed by atoms with E-state index in [0.717, 1.165) is 16.2 Å². The van der Waals surface area contributed by atoms with Gasteiger partial charge in [0.15, 0.2) is 5.13 Å². The van der Waals surface area contributed by atoms with Crippen LogP contribution in [0.5, 0.6) is 5.75 Å². The molecule has 1 aromatic carbocycles. The fourth-order valence-corrected chi connectivity index (χ4v) is 4.60. The summed E-state index contributed by atoms with van der Waals surface area (Å²) in [7, 11) is 2.72. The number of aromatic nitrogens is 1. The van der Waals surface area contributed by atoms with Gasteiger partial charge in [0.1, 0.15) is 33.9 Å². The van der Waals surface area contributed by atoms with E-state index in [0.29, 0.717) is 22.8 Å². The molecule has 2 aromatic heterocycles. The van der Waals surface area contributed by atoms with Gasteiger partial charge < -0.3 is 19.0 Å². The number of Topliss-reactive ketones (excluding diaryl/α,β-unsaturated/α-hetero) is 1. The molecular formula is C23H20N2O7S. The number of rotatable bonds is 5. The highest BCUT2D eigenvalue weighted by molar-refractivity contribution is 7.17. The van der Waals surface area contributed by atoms with E-state index in [1.165, 1.54) is 14.2 Å². The van der Waals surface area contributed by atoms with Crippen LogP contribution in [0.1, 0.15) is 38.5 Å². The maximum Gasteiger partial charge on any atom is 0.350 e. The number of hydrogen-bond donors (Lipinski definition) is 1. The number of esters is 1. The van der Waals surface area contributed by atoms with Crippen molar-refractivity contribution in [1.82, 2.24) is 4.98 Å². The average Bonchev–Trinajstić information content (AvgIpc) is 3.48. The maximum atomic E-state index is 13.1. The molecule has 1 fully saturated rings. The summed E-state index contributed by atoms with van der Waals surface area (Å²) in [6.45, 7) is 3.33. The van der Waals surface area contributed by atoms with Crippen molar-refractivity contribution < 1.29 is 33.4 Å². The Morgan fingerprint density at radius 1 is 1.18 bits per heavy atom. The van der Waals surface area contributed by atoms with Crippen molar-refractivity contribution in [3.8, 4) is 5.75 Å². The first-order valence-electron chi connectivity index (χ1n) is 9.84. The number of aryl methyl sites for hydroxylation is 2. The Balaban J connectivity index is 1.92. The summed E-state index contributed by atoms with van der Waals surface area (Å²) in [5.41, 5.74) is 0.493. The smallest absolute Gasteiger partial charge is 0.350 e. The highest BCUT2D eigenvalue weighted by Gasteiger charge is 2.50. The molecule has 3 heterocycles. The molecule has 0 spiro atoms. The summed E-state index contributed by atoms with van der Waals surface area (Å²) in [4.78, 5) is 44.0. The van der Waals surface area contributed by atoms with Crippen LogP contribution in [0.25, 0.3) is 5.76 Å². The Morgan fingerprint density at radius 3 is 2.58 bits per heavy atom. The van der Waals surface area contributed by atoms with Gasteiger partial charge in [0.2, 0.25) is 0 Å². The molecule has 10 heteroatoms. The summed E-state index contributed by atoms with van der Waals surface area (Å²) in [5.74, 6) is -1.49. The number of methoxy groups -OCH3 is 2. The Bertz CT molecular complexity index is 1300. The van der Waals surface area contributed by atoms with Gasteiger partial charge in [0.25, 0.3) is 5.78 Å². The molecule has 9 nitrogen and oxygen atoms in total. The van der Waals surface area contributed by atoms with E-state index < -0.39 is 23.7 Å². The summed E-state index contributed by atoms with van der Waals surface area (Å²) in [6, 6.07) is 8.72. The monoisotopic (exact) mass is 468 g/mol. The Kier molecular flexibility index (Phi) is 5.77. The van der Waals surface area contributed by atoms with Crippen molar-refractivity contribution in [3.05, 3.63) is 69.6 Å². The number of furan rings is 1. The lowest BCUT2D eigenvalue weighted by Gasteiger charge is -2.20. The number of benzene rings is 1. The third-order valence-electron chi connectivity index (χ3n) is 5.18. The van der Waals surface area contributed by atoms with Gasteiger partial charge in [-0.2, -0.15) is 0 Å². The molecule has 33 heavy (non-hydrogen) atoms. The van der Waals surface area contributed by atoms with Crippen molar-refractivity contribution >= 4 is 39.9 Å². The number of carbonyl (C=O) groups excluding carboxylic acids is 3. The second-order valence-electron chi connectivity index (χ2n) is 7.25. The lowest BCUT2D eigenvalue weighted by Crippen LogP contribution is -2.29. The minimum absolute atomic E-state index is 0.110. The third-order valence-corrected chi connectivity index (χ3v) is 6.32. The van der Waals surface area contributed by atoms with Gasteiger partial charge in [0.05, 0.1) is 25.5 Å². The Morgan fingerprint density at radius 2 is 1.94 bits per heavy atom. The first-order chi connectivity index (χ1) is 15.8. The number of aliphatic hydroxyl groups is 1. The van der Waals surface area contributed by atoms with Crippen LogP contribution in [-0.4, -0.2) is 42.0 Å². The van der Waals surface area contributed by atoms with E-state index in [-0.39, 0.29) is 27.1 Å². The van der Waals surface area contributed by atoms with Crippen LogP contribution in [0.4, 0.5) is 5.13 Å². The maximum absolute atomic E-state index is 13.1. The molecule has 1 aliphatic heterocycles. The van der Waals surface area contributed by atoms with Crippen LogP contribution in [0.2, 0.25) is 0 Å². The number of ether oxygens (including phenoxy) is 2. The average molecular weight is 468 g/mol. The molecule has 1 amide bonds. The molecule has 1 atom stereocenters. The minimum Gasteiger partial charge on any atom is -0.507 e. The number of aliphatic hydroxyl groups excluding tert-OH is 1. The van der Waals surface area contributed by atoms with Crippen LogP contribution in [0.15, 0.2) is 46.4 Å². The first kappa shape index (κ1) is 22.3. The van der Waals surface area contributed by atoms with Crippen molar-refractivity contribution in [3.63, 3.8) is 0 Å². The standard InChI is InChI=1S/C23H20N2O7S/c1-11-8-9-15(32-11)17-16(18(26)13-6-5-7-14(10-13)30-3)19(27)21(28)25(17)23-24-12(2)20(33-23)22(29)31-4/h5-10,17,26H,1-4H3/b18-16+/t17-/m1/s1. The molecule has 0 saturated carbocycles. The van der Waals surface area contributed by atoms with Gasteiger partial charge in [0, 0.05) is 5.56 Å². The molecule has 1 N–H and O–H groups in total. The molecular weight excluding hydrogens is 448 g/mol. The fraction of sp³-hybridized carbons (Fsp3) is 0.217. The fourth-order valence-electron chi connectivity index (χ4n) is 3.59. The Hall–Kier alpha value is -3.92. The Labute approximate surface area is 192 Å². The molecule has 0 radical (unpaired) electrons. The number of carbonyl (C=O) groups is 3. The van der Waals surface area contributed by atoms with E-state index in [1.807, 2.05) is 0 Å². The number of nitrogens with zero attached hydrogens (tertiary/aromatic N) is 2. The van der Waals surface area contributed by atoms with Gasteiger partial charge >= 0.3 is 11.9 Å². The second-order valence-corrected chi connectivity index (χ2v) is 8.23. The molecule has 170 valence electrons. The minimum atomic E-state index is -1.08. The summed E-state index contributed by atoms with van der Waals surface area (Å²) in [5, 5.41) is 11.2. The van der Waals surface area contributed by atoms with Crippen molar-refractivity contribution in [2.75, 3.05) is 19.1 Å². The largest absolute Gasteiger partial charge is 0.507 e. The van der Waals surface area contributed by atoms with Crippen LogP contribution >= 0.6 is 11.3 Å². The SMILES string of the molecule is COC(=O)c1sc(N2C(=O)C(=O)/C(=C(/O)c3cccc(OC)c3)[C@H]2c2ccc(C)o2)nc1C. The van der Waals surface area contributed by atoms with Gasteiger partial charge in [-0.1, -0.05) is 23.5 Å². The van der Waals surface area contributed by atoms with Crippen LogP contribution in [0.3, 0.4) is 0 Å². The van der Waals surface area contributed by atoms with Gasteiger partial charge in [-0.25, -0.2) is 9.78 Å². The highest BCUT2D eigenvalue weighted by atomic mass is 32.1. The van der Waals surface area contributed by atoms with Crippen LogP contribution in [-0.2, 0) is 14.3 Å². The lowest BCUT2D eigenvalue weighted by molar-refractivity contribution is -0.132. The topological polar surface area (TPSA) is 119 Å². The zero-order valence-corrected chi connectivity index (χ0v) is 19.1. The molecule has 1 saturated heterocycles. The molecule has 0 unspecified atom stereocenters. The number of ketones is 1. The molecule has 1 aliphatic rings. The third kappa shape index (κ3) is 3.78.